The molecule has 0 fully saturated rings. The molecule has 1 heterocycles. The van der Waals surface area contributed by atoms with Crippen LogP contribution in [0.25, 0.3) is 0 Å². The van der Waals surface area contributed by atoms with Gasteiger partial charge < -0.3 is 4.74 Å². The summed E-state index contributed by atoms with van der Waals surface area (Å²) in [4.78, 5) is 12.1. The molecule has 0 aliphatic carbocycles. The highest BCUT2D eigenvalue weighted by molar-refractivity contribution is 7.92. The first-order valence-electron chi connectivity index (χ1n) is 8.09. The van der Waals surface area contributed by atoms with Gasteiger partial charge in [0.25, 0.3) is 22.4 Å². The van der Waals surface area contributed by atoms with Gasteiger partial charge in [-0.25, -0.2) is 17.2 Å². The van der Waals surface area contributed by atoms with E-state index in [1.165, 1.54) is 25.3 Å². The quantitative estimate of drug-likeness (QED) is 0.531. The summed E-state index contributed by atoms with van der Waals surface area (Å²) in [7, 11) is -2.79. The smallest absolute Gasteiger partial charge is 0.291 e. The molecule has 0 aliphatic heterocycles. The van der Waals surface area contributed by atoms with Gasteiger partial charge >= 0.3 is 0 Å². The maximum absolute atomic E-state index is 12.8. The molecule has 2 aromatic carbocycles. The van der Waals surface area contributed by atoms with Crippen molar-refractivity contribution in [1.82, 2.24) is 10.2 Å². The molecule has 0 aliphatic rings. The average molecular weight is 475 g/mol. The molecule has 3 rings (SSSR count). The van der Waals surface area contributed by atoms with E-state index < -0.39 is 27.4 Å². The minimum absolute atomic E-state index is 0.0754. The van der Waals surface area contributed by atoms with E-state index in [9.17, 15) is 22.0 Å². The third-order valence-corrected chi connectivity index (χ3v) is 6.38. The molecule has 0 unspecified atom stereocenters. The number of amides is 1. The SMILES string of the molecule is COc1ccccc1NS(=O)(=O)c1cc(C(=O)Nc2nnc(C(F)F)s2)ccc1Cl. The fourth-order valence-electron chi connectivity index (χ4n) is 2.32. The number of sulfonamides is 1. The lowest BCUT2D eigenvalue weighted by Crippen LogP contribution is -2.17. The Morgan fingerprint density at radius 3 is 2.60 bits per heavy atom. The largest absolute Gasteiger partial charge is 0.495 e. The van der Waals surface area contributed by atoms with Crippen molar-refractivity contribution in [2.45, 2.75) is 11.3 Å². The highest BCUT2D eigenvalue weighted by Crippen LogP contribution is 2.30. The number of hydrogen-bond donors (Lipinski definition) is 2. The van der Waals surface area contributed by atoms with Crippen molar-refractivity contribution < 1.29 is 26.7 Å². The molecule has 1 aromatic heterocycles. The Hall–Kier alpha value is -2.83. The summed E-state index contributed by atoms with van der Waals surface area (Å²) in [5.74, 6) is -0.477. The van der Waals surface area contributed by atoms with Gasteiger partial charge in [-0.15, -0.1) is 10.2 Å². The van der Waals surface area contributed by atoms with Crippen molar-refractivity contribution in [3.8, 4) is 5.75 Å². The standard InChI is InChI=1S/C17H13ClF2N4O4S2/c1-28-12-5-3-2-4-11(12)24-30(26,27)13-8-9(6-7-10(13)18)15(25)21-17-23-22-16(29-17)14(19)20/h2-8,14,24H,1H3,(H,21,23,25). The van der Waals surface area contributed by atoms with Gasteiger partial charge in [-0.3, -0.25) is 14.8 Å². The number of benzene rings is 2. The normalized spacial score (nSPS) is 11.4. The van der Waals surface area contributed by atoms with E-state index in [1.807, 2.05) is 0 Å². The third kappa shape index (κ3) is 4.83. The molecule has 158 valence electrons. The molecule has 0 saturated carbocycles. The van der Waals surface area contributed by atoms with Crippen LogP contribution in [0.4, 0.5) is 19.6 Å². The van der Waals surface area contributed by atoms with Gasteiger partial charge in [-0.2, -0.15) is 0 Å². The number of alkyl halides is 2. The summed E-state index contributed by atoms with van der Waals surface area (Å²) < 4.78 is 58.3. The number of nitrogens with zero attached hydrogens (tertiary/aromatic N) is 2. The maximum atomic E-state index is 12.8. The van der Waals surface area contributed by atoms with Crippen molar-refractivity contribution in [3.05, 3.63) is 58.1 Å². The van der Waals surface area contributed by atoms with E-state index >= 15 is 0 Å². The van der Waals surface area contributed by atoms with E-state index in [-0.39, 0.29) is 32.1 Å². The molecular weight excluding hydrogens is 462 g/mol. The predicted molar refractivity (Wildman–Crippen MR) is 108 cm³/mol. The zero-order valence-electron chi connectivity index (χ0n) is 15.1. The molecule has 30 heavy (non-hydrogen) atoms. The Labute approximate surface area is 178 Å². The van der Waals surface area contributed by atoms with E-state index in [1.54, 1.807) is 18.2 Å². The second-order valence-electron chi connectivity index (χ2n) is 5.65. The van der Waals surface area contributed by atoms with Crippen molar-refractivity contribution >= 4 is 49.7 Å². The van der Waals surface area contributed by atoms with Crippen molar-refractivity contribution in [2.24, 2.45) is 0 Å². The summed E-state index contributed by atoms with van der Waals surface area (Å²) in [6.07, 6.45) is -2.82. The van der Waals surface area contributed by atoms with Crippen LogP contribution in [0.15, 0.2) is 47.4 Å². The number of para-hydroxylation sites is 2. The van der Waals surface area contributed by atoms with Gasteiger partial charge in [0.1, 0.15) is 10.6 Å². The summed E-state index contributed by atoms with van der Waals surface area (Å²) in [5, 5.41) is 8.19. The number of aromatic nitrogens is 2. The van der Waals surface area contributed by atoms with Crippen LogP contribution in [0.5, 0.6) is 5.75 Å². The average Bonchev–Trinajstić information content (AvgIpc) is 3.17. The fraction of sp³-hybridized carbons (Fsp3) is 0.118. The van der Waals surface area contributed by atoms with Crippen molar-refractivity contribution in [2.75, 3.05) is 17.1 Å². The monoisotopic (exact) mass is 474 g/mol. The Bertz CT molecular complexity index is 1190. The van der Waals surface area contributed by atoms with E-state index in [0.717, 1.165) is 6.07 Å². The Balaban J connectivity index is 1.87. The van der Waals surface area contributed by atoms with Crippen LogP contribution >= 0.6 is 22.9 Å². The van der Waals surface area contributed by atoms with Gasteiger partial charge in [-0.1, -0.05) is 35.1 Å². The van der Waals surface area contributed by atoms with Crippen LogP contribution in [0.3, 0.4) is 0 Å². The van der Waals surface area contributed by atoms with Gasteiger partial charge in [0.05, 0.1) is 17.8 Å². The lowest BCUT2D eigenvalue weighted by Gasteiger charge is -2.13. The number of hydrogen-bond acceptors (Lipinski definition) is 7. The number of carbonyl (C=O) groups excluding carboxylic acids is 1. The van der Waals surface area contributed by atoms with Gasteiger partial charge in [0.15, 0.2) is 5.01 Å². The molecular formula is C17H13ClF2N4O4S2. The van der Waals surface area contributed by atoms with E-state index in [2.05, 4.69) is 20.2 Å². The highest BCUT2D eigenvalue weighted by atomic mass is 35.5. The van der Waals surface area contributed by atoms with Crippen LogP contribution in [-0.2, 0) is 10.0 Å². The van der Waals surface area contributed by atoms with Crippen molar-refractivity contribution in [1.29, 1.82) is 0 Å². The lowest BCUT2D eigenvalue weighted by molar-refractivity contribution is 0.102. The molecule has 0 atom stereocenters. The van der Waals surface area contributed by atoms with Crippen LogP contribution in [0.1, 0.15) is 21.8 Å². The molecule has 1 amide bonds. The van der Waals surface area contributed by atoms with Crippen LogP contribution in [0, 0.1) is 0 Å². The summed E-state index contributed by atoms with van der Waals surface area (Å²) in [6, 6.07) is 9.93. The molecule has 0 bridgehead atoms. The second-order valence-corrected chi connectivity index (χ2v) is 8.72. The fourth-order valence-corrected chi connectivity index (χ4v) is 4.51. The van der Waals surface area contributed by atoms with Gasteiger partial charge in [-0.05, 0) is 30.3 Å². The molecule has 0 spiro atoms. The number of anilines is 2. The minimum atomic E-state index is -4.18. The number of nitrogens with one attached hydrogen (secondary N) is 2. The molecule has 0 radical (unpaired) electrons. The Morgan fingerprint density at radius 1 is 1.20 bits per heavy atom. The maximum Gasteiger partial charge on any atom is 0.291 e. The zero-order valence-corrected chi connectivity index (χ0v) is 17.5. The first kappa shape index (κ1) is 21.9. The number of methoxy groups -OCH3 is 1. The molecule has 2 N–H and O–H groups in total. The number of rotatable bonds is 7. The first-order chi connectivity index (χ1) is 14.2. The summed E-state index contributed by atoms with van der Waals surface area (Å²) in [5.41, 5.74) is 0.105. The summed E-state index contributed by atoms with van der Waals surface area (Å²) in [6.45, 7) is 0. The van der Waals surface area contributed by atoms with Gasteiger partial charge in [0, 0.05) is 5.56 Å². The van der Waals surface area contributed by atoms with Crippen LogP contribution in [-0.4, -0.2) is 31.6 Å². The molecule has 8 nitrogen and oxygen atoms in total. The number of halogens is 3. The van der Waals surface area contributed by atoms with Crippen LogP contribution in [0.2, 0.25) is 5.02 Å². The third-order valence-electron chi connectivity index (χ3n) is 3.68. The minimum Gasteiger partial charge on any atom is -0.495 e. The van der Waals surface area contributed by atoms with Gasteiger partial charge in [0.2, 0.25) is 5.13 Å². The zero-order chi connectivity index (χ0) is 21.9. The number of ether oxygens (including phenoxy) is 1. The lowest BCUT2D eigenvalue weighted by atomic mass is 10.2. The van der Waals surface area contributed by atoms with Crippen LogP contribution < -0.4 is 14.8 Å². The Kier molecular flexibility index (Phi) is 6.48. The van der Waals surface area contributed by atoms with E-state index in [0.29, 0.717) is 11.3 Å². The molecule has 0 saturated heterocycles. The van der Waals surface area contributed by atoms with E-state index in [4.69, 9.17) is 16.3 Å². The first-order valence-corrected chi connectivity index (χ1v) is 10.8. The molecule has 13 heteroatoms. The predicted octanol–water partition coefficient (Wildman–Crippen LogP) is 4.19. The topological polar surface area (TPSA) is 110 Å². The Morgan fingerprint density at radius 2 is 1.93 bits per heavy atom. The molecule has 3 aromatic rings. The number of carbonyl (C=O) groups is 1. The van der Waals surface area contributed by atoms with Crippen molar-refractivity contribution in [3.63, 3.8) is 0 Å². The second kappa shape index (κ2) is 8.90. The summed E-state index contributed by atoms with van der Waals surface area (Å²) >= 11 is 6.55. The highest BCUT2D eigenvalue weighted by Gasteiger charge is 2.22.